The monoisotopic (exact) mass is 466 g/mol. The summed E-state index contributed by atoms with van der Waals surface area (Å²) >= 11 is 1.38. The van der Waals surface area contributed by atoms with Gasteiger partial charge in [0.15, 0.2) is 0 Å². The SMILES string of the molecule is N#Cc1c(NC(=O)/C=C/c2cccnc2)sc2c1CCC(OC(=O)NCC1CCOCC1)C2. The zero-order chi connectivity index (χ0) is 23.0. The lowest BCUT2D eigenvalue weighted by Crippen LogP contribution is -2.36. The minimum atomic E-state index is -0.402. The lowest BCUT2D eigenvalue weighted by Gasteiger charge is -2.24. The number of hydrogen-bond acceptors (Lipinski definition) is 7. The number of amides is 2. The summed E-state index contributed by atoms with van der Waals surface area (Å²) in [7, 11) is 0. The van der Waals surface area contributed by atoms with Gasteiger partial charge in [0.25, 0.3) is 0 Å². The van der Waals surface area contributed by atoms with Gasteiger partial charge in [-0.05, 0) is 54.9 Å². The van der Waals surface area contributed by atoms with Crippen molar-refractivity contribution in [1.29, 1.82) is 5.26 Å². The van der Waals surface area contributed by atoms with Gasteiger partial charge >= 0.3 is 6.09 Å². The number of rotatable bonds is 6. The highest BCUT2D eigenvalue weighted by molar-refractivity contribution is 7.16. The van der Waals surface area contributed by atoms with E-state index in [9.17, 15) is 14.9 Å². The van der Waals surface area contributed by atoms with Crippen LogP contribution in [0.25, 0.3) is 6.08 Å². The van der Waals surface area contributed by atoms with Crippen molar-refractivity contribution < 1.29 is 19.1 Å². The summed E-state index contributed by atoms with van der Waals surface area (Å²) < 4.78 is 11.0. The lowest BCUT2D eigenvalue weighted by molar-refractivity contribution is -0.111. The highest BCUT2D eigenvalue weighted by atomic mass is 32.1. The molecule has 2 aromatic rings. The van der Waals surface area contributed by atoms with Gasteiger partial charge < -0.3 is 20.1 Å². The lowest BCUT2D eigenvalue weighted by atomic mass is 9.94. The topological polar surface area (TPSA) is 113 Å². The van der Waals surface area contributed by atoms with Crippen LogP contribution in [0.5, 0.6) is 0 Å². The van der Waals surface area contributed by atoms with Crippen molar-refractivity contribution in [3.8, 4) is 6.07 Å². The zero-order valence-corrected chi connectivity index (χ0v) is 19.0. The van der Waals surface area contributed by atoms with E-state index in [1.165, 1.54) is 17.4 Å². The van der Waals surface area contributed by atoms with Crippen molar-refractivity contribution in [2.24, 2.45) is 5.92 Å². The number of nitriles is 1. The number of nitrogens with zero attached hydrogens (tertiary/aromatic N) is 2. The normalized spacial score (nSPS) is 18.3. The Labute approximate surface area is 196 Å². The van der Waals surface area contributed by atoms with Gasteiger partial charge in [-0.25, -0.2) is 4.79 Å². The van der Waals surface area contributed by atoms with Crippen molar-refractivity contribution in [2.45, 2.75) is 38.2 Å². The minimum Gasteiger partial charge on any atom is -0.446 e. The maximum atomic E-state index is 12.4. The summed E-state index contributed by atoms with van der Waals surface area (Å²) in [6.45, 7) is 2.08. The predicted octanol–water partition coefficient (Wildman–Crippen LogP) is 3.68. The van der Waals surface area contributed by atoms with E-state index in [-0.39, 0.29) is 12.0 Å². The second-order valence-electron chi connectivity index (χ2n) is 8.14. The third-order valence-corrected chi connectivity index (χ3v) is 7.00. The van der Waals surface area contributed by atoms with E-state index in [1.54, 1.807) is 24.5 Å². The molecule has 0 spiro atoms. The highest BCUT2D eigenvalue weighted by Gasteiger charge is 2.28. The number of pyridine rings is 1. The summed E-state index contributed by atoms with van der Waals surface area (Å²) in [6.07, 6.45) is 9.50. The van der Waals surface area contributed by atoms with Gasteiger partial charge in [0, 0.05) is 49.5 Å². The third-order valence-electron chi connectivity index (χ3n) is 5.83. The average Bonchev–Trinajstić information content (AvgIpc) is 3.18. The van der Waals surface area contributed by atoms with Gasteiger partial charge in [-0.15, -0.1) is 11.3 Å². The minimum absolute atomic E-state index is 0.244. The number of anilines is 1. The molecule has 2 amide bonds. The number of ether oxygens (including phenoxy) is 2. The Kier molecular flexibility index (Phi) is 7.70. The van der Waals surface area contributed by atoms with E-state index < -0.39 is 6.09 Å². The molecule has 1 aliphatic heterocycles. The van der Waals surface area contributed by atoms with Crippen molar-refractivity contribution in [2.75, 3.05) is 25.1 Å². The first-order chi connectivity index (χ1) is 16.1. The first-order valence-corrected chi connectivity index (χ1v) is 11.9. The summed E-state index contributed by atoms with van der Waals surface area (Å²) in [5, 5.41) is 15.9. The van der Waals surface area contributed by atoms with Crippen LogP contribution in [0.3, 0.4) is 0 Å². The number of fused-ring (bicyclic) bond motifs is 1. The predicted molar refractivity (Wildman–Crippen MR) is 125 cm³/mol. The van der Waals surface area contributed by atoms with Crippen LogP contribution in [-0.4, -0.2) is 42.8 Å². The van der Waals surface area contributed by atoms with Gasteiger partial charge in [-0.2, -0.15) is 5.26 Å². The molecular formula is C24H26N4O4S. The molecule has 1 atom stereocenters. The molecule has 1 fully saturated rings. The molecule has 0 radical (unpaired) electrons. The van der Waals surface area contributed by atoms with E-state index >= 15 is 0 Å². The van der Waals surface area contributed by atoms with Gasteiger partial charge in [0.2, 0.25) is 5.91 Å². The number of carbonyl (C=O) groups is 2. The Morgan fingerprint density at radius 2 is 2.18 bits per heavy atom. The van der Waals surface area contributed by atoms with Gasteiger partial charge in [-0.3, -0.25) is 9.78 Å². The van der Waals surface area contributed by atoms with E-state index in [1.807, 2.05) is 6.07 Å². The number of thiophene rings is 1. The van der Waals surface area contributed by atoms with E-state index in [0.717, 1.165) is 42.1 Å². The number of aromatic nitrogens is 1. The Hall–Kier alpha value is -3.22. The summed E-state index contributed by atoms with van der Waals surface area (Å²) in [5.41, 5.74) is 2.26. The van der Waals surface area contributed by atoms with Crippen LogP contribution in [0, 0.1) is 17.2 Å². The molecule has 4 rings (SSSR count). The van der Waals surface area contributed by atoms with E-state index in [2.05, 4.69) is 21.7 Å². The van der Waals surface area contributed by atoms with E-state index in [4.69, 9.17) is 9.47 Å². The Balaban J connectivity index is 1.33. The van der Waals surface area contributed by atoms with Crippen LogP contribution in [0.4, 0.5) is 9.80 Å². The van der Waals surface area contributed by atoms with Crippen molar-refractivity contribution in [1.82, 2.24) is 10.3 Å². The standard InChI is InChI=1S/C24H26N4O4S/c25-13-20-19-5-4-18(32-24(30)27-15-17-7-10-31-11-8-17)12-21(19)33-23(20)28-22(29)6-3-16-2-1-9-26-14-16/h1-3,6,9,14,17-18H,4-5,7-8,10-12,15H2,(H,27,30)(H,28,29)/b6-3+. The third kappa shape index (κ3) is 6.18. The van der Waals surface area contributed by atoms with Crippen LogP contribution >= 0.6 is 11.3 Å². The molecule has 0 bridgehead atoms. The van der Waals surface area contributed by atoms with Crippen molar-refractivity contribution >= 4 is 34.4 Å². The summed E-state index contributed by atoms with van der Waals surface area (Å²) in [5.74, 6) is 0.118. The fourth-order valence-electron chi connectivity index (χ4n) is 4.03. The first kappa shape index (κ1) is 23.0. The molecule has 3 heterocycles. The molecular weight excluding hydrogens is 440 g/mol. The van der Waals surface area contributed by atoms with Crippen molar-refractivity contribution in [3.05, 3.63) is 52.2 Å². The number of hydrogen-bond donors (Lipinski definition) is 2. The molecule has 33 heavy (non-hydrogen) atoms. The maximum absolute atomic E-state index is 12.4. The number of carbonyl (C=O) groups excluding carboxylic acids is 2. The Morgan fingerprint density at radius 1 is 1.33 bits per heavy atom. The smallest absolute Gasteiger partial charge is 0.407 e. The van der Waals surface area contributed by atoms with Gasteiger partial charge in [-0.1, -0.05) is 6.07 Å². The fourth-order valence-corrected chi connectivity index (χ4v) is 5.30. The van der Waals surface area contributed by atoms with Crippen LogP contribution < -0.4 is 10.6 Å². The van der Waals surface area contributed by atoms with Gasteiger partial charge in [0.05, 0.1) is 5.56 Å². The quantitative estimate of drug-likeness (QED) is 0.628. The molecule has 9 heteroatoms. The van der Waals surface area contributed by atoms with Crippen LogP contribution in [0.15, 0.2) is 30.6 Å². The summed E-state index contributed by atoms with van der Waals surface area (Å²) in [6, 6.07) is 5.87. The van der Waals surface area contributed by atoms with Crippen molar-refractivity contribution in [3.63, 3.8) is 0 Å². The maximum Gasteiger partial charge on any atom is 0.407 e. The molecule has 1 aliphatic carbocycles. The largest absolute Gasteiger partial charge is 0.446 e. The second-order valence-corrected chi connectivity index (χ2v) is 9.24. The molecule has 2 aromatic heterocycles. The van der Waals surface area contributed by atoms with Gasteiger partial charge in [0.1, 0.15) is 17.2 Å². The number of alkyl carbamates (subject to hydrolysis) is 1. The molecule has 0 aromatic carbocycles. The zero-order valence-electron chi connectivity index (χ0n) is 18.2. The van der Waals surface area contributed by atoms with E-state index in [0.29, 0.717) is 42.3 Å². The highest BCUT2D eigenvalue weighted by Crippen LogP contribution is 2.38. The fraction of sp³-hybridized carbons (Fsp3) is 0.417. The number of nitrogens with one attached hydrogen (secondary N) is 2. The van der Waals surface area contributed by atoms with Crippen LogP contribution in [-0.2, 0) is 27.1 Å². The average molecular weight is 467 g/mol. The Morgan fingerprint density at radius 3 is 2.94 bits per heavy atom. The molecule has 172 valence electrons. The summed E-state index contributed by atoms with van der Waals surface area (Å²) in [4.78, 5) is 29.6. The first-order valence-electron chi connectivity index (χ1n) is 11.1. The molecule has 8 nitrogen and oxygen atoms in total. The molecule has 1 saturated heterocycles. The second kappa shape index (κ2) is 11.1. The van der Waals surface area contributed by atoms with Crippen LogP contribution in [0.1, 0.15) is 40.8 Å². The Bertz CT molecular complexity index is 1050. The van der Waals surface area contributed by atoms with Crippen LogP contribution in [0.2, 0.25) is 0 Å². The molecule has 1 unspecified atom stereocenters. The molecule has 0 saturated carbocycles. The molecule has 2 aliphatic rings. The molecule has 2 N–H and O–H groups in total.